The number of carbonyl (C=O) groups excluding carboxylic acids is 1. The van der Waals surface area contributed by atoms with Crippen molar-refractivity contribution < 1.29 is 9.53 Å². The molecule has 0 saturated carbocycles. The van der Waals surface area contributed by atoms with E-state index in [1.165, 1.54) is 6.20 Å². The molecule has 4 nitrogen and oxygen atoms in total. The number of carbonyl (C=O) groups is 1. The van der Waals surface area contributed by atoms with Crippen LogP contribution in [0, 0.1) is 0 Å². The van der Waals surface area contributed by atoms with Gasteiger partial charge in [0.25, 0.3) is 5.91 Å². The Morgan fingerprint density at radius 1 is 1.26 bits per heavy atom. The summed E-state index contributed by atoms with van der Waals surface area (Å²) in [6.45, 7) is 0. The quantitative estimate of drug-likeness (QED) is 0.912. The summed E-state index contributed by atoms with van der Waals surface area (Å²) in [4.78, 5) is 15.6. The number of ether oxygens (including phenoxy) is 1. The average molecular weight is 254 g/mol. The van der Waals surface area contributed by atoms with Crippen molar-refractivity contribution in [2.24, 2.45) is 0 Å². The lowest BCUT2D eigenvalue weighted by Gasteiger charge is -2.00. The minimum absolute atomic E-state index is 0.183. The second-order valence-corrected chi connectivity index (χ2v) is 3.82. The second kappa shape index (κ2) is 6.35. The Labute approximate surface area is 111 Å². The first kappa shape index (κ1) is 12.8. The molecule has 4 heteroatoms. The van der Waals surface area contributed by atoms with Crippen LogP contribution in [0.5, 0.6) is 5.75 Å². The molecular formula is C15H14N2O2. The number of rotatable bonds is 4. The molecule has 0 aliphatic carbocycles. The standard InChI is InChI=1S/C15H14N2O2/c1-19-14-6-4-12(5-7-14)8-10-17-15(18)13-3-2-9-16-11-13/h2-11H,1H3,(H,17,18)/b10-8-. The maximum absolute atomic E-state index is 11.7. The van der Waals surface area contributed by atoms with Crippen molar-refractivity contribution in [3.63, 3.8) is 0 Å². The highest BCUT2D eigenvalue weighted by atomic mass is 16.5. The highest BCUT2D eigenvalue weighted by Gasteiger charge is 2.01. The molecule has 0 atom stereocenters. The summed E-state index contributed by atoms with van der Waals surface area (Å²) in [6, 6.07) is 11.0. The summed E-state index contributed by atoms with van der Waals surface area (Å²) < 4.78 is 5.07. The molecule has 0 aliphatic rings. The van der Waals surface area contributed by atoms with E-state index in [2.05, 4.69) is 10.3 Å². The van der Waals surface area contributed by atoms with E-state index in [1.54, 1.807) is 31.6 Å². The van der Waals surface area contributed by atoms with Crippen LogP contribution in [0.2, 0.25) is 0 Å². The van der Waals surface area contributed by atoms with Crippen molar-refractivity contribution >= 4 is 12.0 Å². The van der Waals surface area contributed by atoms with Gasteiger partial charge in [-0.05, 0) is 35.9 Å². The summed E-state index contributed by atoms with van der Waals surface area (Å²) >= 11 is 0. The van der Waals surface area contributed by atoms with E-state index in [0.29, 0.717) is 5.56 Å². The minimum Gasteiger partial charge on any atom is -0.497 e. The molecule has 0 unspecified atom stereocenters. The van der Waals surface area contributed by atoms with Gasteiger partial charge in [-0.15, -0.1) is 0 Å². The van der Waals surface area contributed by atoms with E-state index >= 15 is 0 Å². The third-order valence-corrected chi connectivity index (χ3v) is 2.53. The lowest BCUT2D eigenvalue weighted by molar-refractivity contribution is 0.0970. The highest BCUT2D eigenvalue weighted by Crippen LogP contribution is 2.11. The summed E-state index contributed by atoms with van der Waals surface area (Å²) in [5.41, 5.74) is 1.51. The molecule has 0 saturated heterocycles. The van der Waals surface area contributed by atoms with Gasteiger partial charge in [0.05, 0.1) is 12.7 Å². The normalized spacial score (nSPS) is 10.4. The number of amides is 1. The number of benzene rings is 1. The van der Waals surface area contributed by atoms with Crippen LogP contribution in [0.15, 0.2) is 55.0 Å². The van der Waals surface area contributed by atoms with Crippen molar-refractivity contribution in [1.82, 2.24) is 10.3 Å². The van der Waals surface area contributed by atoms with Crippen LogP contribution in [0.25, 0.3) is 6.08 Å². The van der Waals surface area contributed by atoms with Crippen molar-refractivity contribution in [3.05, 3.63) is 66.1 Å². The van der Waals surface area contributed by atoms with Crippen LogP contribution >= 0.6 is 0 Å². The van der Waals surface area contributed by atoms with Crippen LogP contribution < -0.4 is 10.1 Å². The number of pyridine rings is 1. The highest BCUT2D eigenvalue weighted by molar-refractivity contribution is 5.94. The Hall–Kier alpha value is -2.62. The Morgan fingerprint density at radius 2 is 2.05 bits per heavy atom. The second-order valence-electron chi connectivity index (χ2n) is 3.82. The van der Waals surface area contributed by atoms with Gasteiger partial charge in [-0.2, -0.15) is 0 Å². The zero-order chi connectivity index (χ0) is 13.5. The van der Waals surface area contributed by atoms with Crippen molar-refractivity contribution in [2.75, 3.05) is 7.11 Å². The molecule has 0 radical (unpaired) electrons. The molecule has 0 aliphatic heterocycles. The first-order valence-electron chi connectivity index (χ1n) is 5.81. The number of nitrogens with one attached hydrogen (secondary N) is 1. The molecule has 1 aromatic carbocycles. The van der Waals surface area contributed by atoms with Crippen LogP contribution in [-0.2, 0) is 0 Å². The fourth-order valence-corrected chi connectivity index (χ4v) is 1.51. The minimum atomic E-state index is -0.183. The van der Waals surface area contributed by atoms with Gasteiger partial charge in [-0.1, -0.05) is 12.1 Å². The largest absolute Gasteiger partial charge is 0.497 e. The number of aromatic nitrogens is 1. The van der Waals surface area contributed by atoms with E-state index in [-0.39, 0.29) is 5.91 Å². The van der Waals surface area contributed by atoms with E-state index < -0.39 is 0 Å². The van der Waals surface area contributed by atoms with Crippen LogP contribution in [0.3, 0.4) is 0 Å². The smallest absolute Gasteiger partial charge is 0.256 e. The lowest BCUT2D eigenvalue weighted by atomic mass is 10.2. The Balaban J connectivity index is 1.94. The Bertz CT molecular complexity index is 562. The molecule has 1 aromatic heterocycles. The average Bonchev–Trinajstić information content (AvgIpc) is 2.49. The van der Waals surface area contributed by atoms with Crippen LogP contribution in [0.1, 0.15) is 15.9 Å². The monoisotopic (exact) mass is 254 g/mol. The predicted octanol–water partition coefficient (Wildman–Crippen LogP) is 2.49. The van der Waals surface area contributed by atoms with Crippen molar-refractivity contribution in [3.8, 4) is 5.75 Å². The topological polar surface area (TPSA) is 51.2 Å². The maximum atomic E-state index is 11.7. The molecule has 2 aromatic rings. The zero-order valence-electron chi connectivity index (χ0n) is 10.5. The molecule has 0 bridgehead atoms. The van der Waals surface area contributed by atoms with Gasteiger partial charge in [0.2, 0.25) is 0 Å². The first-order chi connectivity index (χ1) is 9.29. The predicted molar refractivity (Wildman–Crippen MR) is 73.7 cm³/mol. The maximum Gasteiger partial charge on any atom is 0.256 e. The molecule has 1 N–H and O–H groups in total. The molecule has 0 fully saturated rings. The molecular weight excluding hydrogens is 240 g/mol. The number of methoxy groups -OCH3 is 1. The van der Waals surface area contributed by atoms with Gasteiger partial charge >= 0.3 is 0 Å². The first-order valence-corrected chi connectivity index (χ1v) is 5.81. The number of hydrogen-bond acceptors (Lipinski definition) is 3. The van der Waals surface area contributed by atoms with Gasteiger partial charge in [0.1, 0.15) is 5.75 Å². The molecule has 19 heavy (non-hydrogen) atoms. The third-order valence-electron chi connectivity index (χ3n) is 2.53. The van der Waals surface area contributed by atoms with Gasteiger partial charge in [0.15, 0.2) is 0 Å². The van der Waals surface area contributed by atoms with Gasteiger partial charge in [0, 0.05) is 18.6 Å². The molecule has 1 amide bonds. The fourth-order valence-electron chi connectivity index (χ4n) is 1.51. The Morgan fingerprint density at radius 3 is 2.68 bits per heavy atom. The van der Waals surface area contributed by atoms with E-state index in [0.717, 1.165) is 11.3 Å². The van der Waals surface area contributed by atoms with Crippen molar-refractivity contribution in [1.29, 1.82) is 0 Å². The Kier molecular flexibility index (Phi) is 4.29. The van der Waals surface area contributed by atoms with Crippen LogP contribution in [-0.4, -0.2) is 18.0 Å². The molecule has 0 spiro atoms. The lowest BCUT2D eigenvalue weighted by Crippen LogP contribution is -2.16. The van der Waals surface area contributed by atoms with Crippen molar-refractivity contribution in [2.45, 2.75) is 0 Å². The third kappa shape index (κ3) is 3.67. The summed E-state index contributed by atoms with van der Waals surface area (Å²) in [7, 11) is 1.62. The van der Waals surface area contributed by atoms with Gasteiger partial charge in [-0.25, -0.2) is 0 Å². The molecule has 1 heterocycles. The van der Waals surface area contributed by atoms with E-state index in [1.807, 2.05) is 30.3 Å². The summed E-state index contributed by atoms with van der Waals surface area (Å²) in [5, 5.41) is 2.69. The van der Waals surface area contributed by atoms with E-state index in [4.69, 9.17) is 4.74 Å². The zero-order valence-corrected chi connectivity index (χ0v) is 10.5. The molecule has 2 rings (SSSR count). The summed E-state index contributed by atoms with van der Waals surface area (Å²) in [5.74, 6) is 0.620. The summed E-state index contributed by atoms with van der Waals surface area (Å²) in [6.07, 6.45) is 6.57. The number of nitrogens with zero attached hydrogens (tertiary/aromatic N) is 1. The number of hydrogen-bond donors (Lipinski definition) is 1. The SMILES string of the molecule is COc1ccc(/C=C\NC(=O)c2cccnc2)cc1. The van der Waals surface area contributed by atoms with E-state index in [9.17, 15) is 4.79 Å². The molecule has 96 valence electrons. The fraction of sp³-hybridized carbons (Fsp3) is 0.0667. The van der Waals surface area contributed by atoms with Gasteiger partial charge < -0.3 is 10.1 Å². The van der Waals surface area contributed by atoms with Gasteiger partial charge in [-0.3, -0.25) is 9.78 Å². The van der Waals surface area contributed by atoms with Crippen LogP contribution in [0.4, 0.5) is 0 Å².